The molecule has 1 aromatic carbocycles. The Balaban J connectivity index is 1.45. The molecule has 3 heterocycles. The van der Waals surface area contributed by atoms with Gasteiger partial charge >= 0.3 is 0 Å². The predicted octanol–water partition coefficient (Wildman–Crippen LogP) is 4.64. The van der Waals surface area contributed by atoms with Gasteiger partial charge in [0.05, 0.1) is 0 Å². The molecular weight excluding hydrogens is 318 g/mol. The summed E-state index contributed by atoms with van der Waals surface area (Å²) < 4.78 is 2.36. The van der Waals surface area contributed by atoms with Crippen molar-refractivity contribution in [3.63, 3.8) is 0 Å². The summed E-state index contributed by atoms with van der Waals surface area (Å²) in [5.74, 6) is 0.750. The molecule has 26 heavy (non-hydrogen) atoms. The second kappa shape index (κ2) is 7.24. The fourth-order valence-corrected chi connectivity index (χ4v) is 4.56. The molecule has 1 unspecified atom stereocenters. The van der Waals surface area contributed by atoms with Gasteiger partial charge in [0.15, 0.2) is 0 Å². The number of hydrogen-bond donors (Lipinski definition) is 0. The first-order valence-corrected chi connectivity index (χ1v) is 9.78. The number of likely N-dealkylation sites (tertiary alicyclic amines) is 1. The highest BCUT2D eigenvalue weighted by atomic mass is 15.1. The zero-order chi connectivity index (χ0) is 18.1. The Morgan fingerprint density at radius 1 is 1.08 bits per heavy atom. The van der Waals surface area contributed by atoms with E-state index in [0.717, 1.165) is 23.9 Å². The van der Waals surface area contributed by atoms with E-state index in [1.165, 1.54) is 54.5 Å². The van der Waals surface area contributed by atoms with Gasteiger partial charge in [0, 0.05) is 42.7 Å². The lowest BCUT2D eigenvalue weighted by molar-refractivity contribution is 0.164. The van der Waals surface area contributed by atoms with Crippen molar-refractivity contribution in [2.45, 2.75) is 39.7 Å². The highest BCUT2D eigenvalue weighted by molar-refractivity contribution is 5.81. The Morgan fingerprint density at radius 2 is 1.85 bits per heavy atom. The molecule has 3 aromatic rings. The molecule has 0 aliphatic carbocycles. The molecule has 136 valence electrons. The van der Waals surface area contributed by atoms with Crippen LogP contribution in [0.25, 0.3) is 10.9 Å². The summed E-state index contributed by atoms with van der Waals surface area (Å²) in [6.45, 7) is 7.66. The molecule has 3 nitrogen and oxygen atoms in total. The lowest BCUT2D eigenvalue weighted by Crippen LogP contribution is -2.36. The summed E-state index contributed by atoms with van der Waals surface area (Å²) in [6, 6.07) is 15.6. The van der Waals surface area contributed by atoms with Crippen LogP contribution in [0.5, 0.6) is 0 Å². The van der Waals surface area contributed by atoms with E-state index in [2.05, 4.69) is 77.8 Å². The second-order valence-corrected chi connectivity index (χ2v) is 7.96. The van der Waals surface area contributed by atoms with Crippen LogP contribution in [0, 0.1) is 19.8 Å². The van der Waals surface area contributed by atoms with Crippen LogP contribution in [0.3, 0.4) is 0 Å². The molecule has 0 bridgehead atoms. The smallest absolute Gasteiger partial charge is 0.0480 e. The van der Waals surface area contributed by atoms with Crippen LogP contribution in [-0.4, -0.2) is 27.5 Å². The third-order valence-electron chi connectivity index (χ3n) is 5.71. The maximum Gasteiger partial charge on any atom is 0.0480 e. The first kappa shape index (κ1) is 17.3. The molecule has 1 saturated heterocycles. The van der Waals surface area contributed by atoms with Crippen molar-refractivity contribution in [3.05, 3.63) is 65.1 Å². The Labute approximate surface area is 156 Å². The maximum atomic E-state index is 4.52. The van der Waals surface area contributed by atoms with E-state index in [1.807, 2.05) is 0 Å². The molecule has 0 radical (unpaired) electrons. The molecule has 0 saturated carbocycles. The summed E-state index contributed by atoms with van der Waals surface area (Å²) in [7, 11) is 2.20. The van der Waals surface area contributed by atoms with Crippen LogP contribution in [0.15, 0.2) is 42.5 Å². The van der Waals surface area contributed by atoms with Crippen LogP contribution in [0.4, 0.5) is 0 Å². The monoisotopic (exact) mass is 347 g/mol. The highest BCUT2D eigenvalue weighted by Crippen LogP contribution is 2.25. The summed E-state index contributed by atoms with van der Waals surface area (Å²) in [5, 5.41) is 1.35. The van der Waals surface area contributed by atoms with Crippen LogP contribution < -0.4 is 0 Å². The first-order valence-electron chi connectivity index (χ1n) is 9.78. The Hall–Kier alpha value is -2.13. The van der Waals surface area contributed by atoms with Gasteiger partial charge in [-0.05, 0) is 80.8 Å². The van der Waals surface area contributed by atoms with E-state index in [0.29, 0.717) is 0 Å². The van der Waals surface area contributed by atoms with E-state index in [4.69, 9.17) is 0 Å². The van der Waals surface area contributed by atoms with Crippen LogP contribution >= 0.6 is 0 Å². The molecule has 1 atom stereocenters. The molecule has 1 fully saturated rings. The third-order valence-corrected chi connectivity index (χ3v) is 5.71. The van der Waals surface area contributed by atoms with Gasteiger partial charge in [0.1, 0.15) is 0 Å². The average Bonchev–Trinajstić information content (AvgIpc) is 2.91. The van der Waals surface area contributed by atoms with E-state index in [-0.39, 0.29) is 0 Å². The predicted molar refractivity (Wildman–Crippen MR) is 108 cm³/mol. The zero-order valence-corrected chi connectivity index (χ0v) is 16.2. The number of rotatable bonds is 4. The minimum absolute atomic E-state index is 0.750. The quantitative estimate of drug-likeness (QED) is 0.685. The van der Waals surface area contributed by atoms with Crippen molar-refractivity contribution >= 4 is 10.9 Å². The van der Waals surface area contributed by atoms with E-state index in [9.17, 15) is 0 Å². The molecule has 0 N–H and O–H groups in total. The fourth-order valence-electron chi connectivity index (χ4n) is 4.56. The van der Waals surface area contributed by atoms with Crippen molar-refractivity contribution in [1.82, 2.24) is 14.5 Å². The summed E-state index contributed by atoms with van der Waals surface area (Å²) in [5.41, 5.74) is 6.49. The second-order valence-electron chi connectivity index (χ2n) is 7.96. The van der Waals surface area contributed by atoms with E-state index in [1.54, 1.807) is 0 Å². The average molecular weight is 348 g/mol. The highest BCUT2D eigenvalue weighted by Gasteiger charge is 2.21. The minimum Gasteiger partial charge on any atom is -0.346 e. The lowest BCUT2D eigenvalue weighted by atomic mass is 9.91. The SMILES string of the molecule is Cc1cc(CC2CCCN(Cc3cc4ccccc4n3C)C2)cc(C)n1. The Bertz CT molecular complexity index is 889. The number of nitrogens with zero attached hydrogens (tertiary/aromatic N) is 3. The first-order chi connectivity index (χ1) is 12.6. The van der Waals surface area contributed by atoms with Crippen molar-refractivity contribution in [2.75, 3.05) is 13.1 Å². The fraction of sp³-hybridized carbons (Fsp3) is 0.435. The van der Waals surface area contributed by atoms with Crippen molar-refractivity contribution in [3.8, 4) is 0 Å². The van der Waals surface area contributed by atoms with Gasteiger partial charge in [-0.15, -0.1) is 0 Å². The summed E-state index contributed by atoms with van der Waals surface area (Å²) in [6.07, 6.45) is 3.82. The molecule has 4 rings (SSSR count). The Morgan fingerprint density at radius 3 is 2.62 bits per heavy atom. The molecular formula is C23H29N3. The number of pyridine rings is 1. The molecule has 1 aliphatic rings. The van der Waals surface area contributed by atoms with Crippen LogP contribution in [-0.2, 0) is 20.0 Å². The van der Waals surface area contributed by atoms with E-state index >= 15 is 0 Å². The normalized spacial score (nSPS) is 18.5. The molecule has 0 amide bonds. The Kier molecular flexibility index (Phi) is 4.82. The number of aromatic nitrogens is 2. The largest absolute Gasteiger partial charge is 0.346 e. The van der Waals surface area contributed by atoms with Gasteiger partial charge in [-0.1, -0.05) is 18.2 Å². The number of piperidine rings is 1. The van der Waals surface area contributed by atoms with Gasteiger partial charge in [0.25, 0.3) is 0 Å². The number of fused-ring (bicyclic) bond motifs is 1. The van der Waals surface area contributed by atoms with Gasteiger partial charge in [-0.2, -0.15) is 0 Å². The number of aryl methyl sites for hydroxylation is 3. The van der Waals surface area contributed by atoms with Crippen molar-refractivity contribution < 1.29 is 0 Å². The molecule has 0 spiro atoms. The summed E-state index contributed by atoms with van der Waals surface area (Å²) >= 11 is 0. The summed E-state index contributed by atoms with van der Waals surface area (Å²) in [4.78, 5) is 7.16. The van der Waals surface area contributed by atoms with Gasteiger partial charge in [-0.3, -0.25) is 9.88 Å². The third kappa shape index (κ3) is 3.68. The van der Waals surface area contributed by atoms with E-state index < -0.39 is 0 Å². The number of hydrogen-bond acceptors (Lipinski definition) is 2. The number of benzene rings is 1. The van der Waals surface area contributed by atoms with Crippen molar-refractivity contribution in [1.29, 1.82) is 0 Å². The van der Waals surface area contributed by atoms with Crippen molar-refractivity contribution in [2.24, 2.45) is 13.0 Å². The standard InChI is InChI=1S/C23H29N3/c1-17-11-20(12-18(2)24-17)13-19-7-6-10-26(15-19)16-22-14-21-8-4-5-9-23(21)25(22)3/h4-5,8-9,11-12,14,19H,6-7,10,13,15-16H2,1-3H3. The molecule has 3 heteroatoms. The molecule has 2 aromatic heterocycles. The van der Waals surface area contributed by atoms with Gasteiger partial charge < -0.3 is 4.57 Å². The van der Waals surface area contributed by atoms with Gasteiger partial charge in [-0.25, -0.2) is 0 Å². The zero-order valence-electron chi connectivity index (χ0n) is 16.2. The lowest BCUT2D eigenvalue weighted by Gasteiger charge is -2.33. The molecule has 1 aliphatic heterocycles. The topological polar surface area (TPSA) is 21.1 Å². The van der Waals surface area contributed by atoms with Crippen LogP contribution in [0.1, 0.15) is 35.5 Å². The maximum absolute atomic E-state index is 4.52. The van der Waals surface area contributed by atoms with Crippen LogP contribution in [0.2, 0.25) is 0 Å². The number of para-hydroxylation sites is 1. The van der Waals surface area contributed by atoms with Gasteiger partial charge in [0.2, 0.25) is 0 Å². The minimum atomic E-state index is 0.750.